The van der Waals surface area contributed by atoms with E-state index in [1.807, 2.05) is 18.2 Å². The third-order valence-electron chi connectivity index (χ3n) is 2.86. The number of rotatable bonds is 4. The molecular weight excluding hydrogens is 234 g/mol. The fraction of sp³-hybridized carbons (Fsp3) is 0.462. The Morgan fingerprint density at radius 1 is 1.44 bits per heavy atom. The van der Waals surface area contributed by atoms with Gasteiger partial charge in [-0.3, -0.25) is 4.79 Å². The number of hydrogen-bond donors (Lipinski definition) is 1. The maximum Gasteiger partial charge on any atom is 0.260 e. The molecule has 0 radical (unpaired) electrons. The molecule has 0 aromatic heterocycles. The molecule has 5 nitrogen and oxygen atoms in total. The molecule has 1 aromatic carbocycles. The lowest BCUT2D eigenvalue weighted by molar-refractivity contribution is -0.143. The fourth-order valence-corrected chi connectivity index (χ4v) is 1.88. The molecule has 1 aliphatic heterocycles. The van der Waals surface area contributed by atoms with Gasteiger partial charge in [-0.1, -0.05) is 18.2 Å². The monoisotopic (exact) mass is 251 g/mol. The van der Waals surface area contributed by atoms with E-state index in [1.54, 1.807) is 17.0 Å². The van der Waals surface area contributed by atoms with Gasteiger partial charge in [0, 0.05) is 6.54 Å². The van der Waals surface area contributed by atoms with Gasteiger partial charge in [0.1, 0.15) is 5.75 Å². The predicted octanol–water partition coefficient (Wildman–Crippen LogP) is 0.285. The zero-order valence-corrected chi connectivity index (χ0v) is 10.1. The fourth-order valence-electron chi connectivity index (χ4n) is 1.88. The van der Waals surface area contributed by atoms with Crippen molar-refractivity contribution in [3.05, 3.63) is 30.3 Å². The lowest BCUT2D eigenvalue weighted by Crippen LogP contribution is -2.51. The predicted molar refractivity (Wildman–Crippen MR) is 65.3 cm³/mol. The first-order valence-electron chi connectivity index (χ1n) is 5.97. The van der Waals surface area contributed by atoms with Gasteiger partial charge in [-0.25, -0.2) is 0 Å². The topological polar surface area (TPSA) is 59.0 Å². The van der Waals surface area contributed by atoms with Crippen LogP contribution in [0.25, 0.3) is 0 Å². The van der Waals surface area contributed by atoms with E-state index in [9.17, 15) is 9.90 Å². The highest BCUT2D eigenvalue weighted by molar-refractivity contribution is 5.78. The van der Waals surface area contributed by atoms with Crippen LogP contribution in [0.2, 0.25) is 0 Å². The van der Waals surface area contributed by atoms with Crippen molar-refractivity contribution in [2.75, 3.05) is 33.0 Å². The molecule has 1 aromatic rings. The standard InChI is InChI=1S/C13H17NO4/c15-8-11-9-17-7-6-14(11)13(16)10-18-12-4-2-1-3-5-12/h1-5,11,15H,6-10H2. The molecule has 1 fully saturated rings. The summed E-state index contributed by atoms with van der Waals surface area (Å²) in [6.07, 6.45) is 0. The zero-order valence-electron chi connectivity index (χ0n) is 10.1. The minimum absolute atomic E-state index is 0.0134. The van der Waals surface area contributed by atoms with Crippen LogP contribution in [-0.4, -0.2) is 54.9 Å². The zero-order chi connectivity index (χ0) is 12.8. The van der Waals surface area contributed by atoms with Crippen molar-refractivity contribution in [2.45, 2.75) is 6.04 Å². The second kappa shape index (κ2) is 6.37. The minimum atomic E-state index is -0.259. The molecule has 1 unspecified atom stereocenters. The molecule has 1 heterocycles. The first-order chi connectivity index (χ1) is 8.81. The Hall–Kier alpha value is -1.59. The van der Waals surface area contributed by atoms with Crippen LogP contribution in [0.4, 0.5) is 0 Å². The molecule has 1 amide bonds. The number of para-hydroxylation sites is 1. The number of benzene rings is 1. The van der Waals surface area contributed by atoms with Crippen molar-refractivity contribution in [2.24, 2.45) is 0 Å². The normalized spacial score (nSPS) is 19.6. The summed E-state index contributed by atoms with van der Waals surface area (Å²) in [6, 6.07) is 8.94. The van der Waals surface area contributed by atoms with E-state index >= 15 is 0 Å². The Balaban J connectivity index is 1.87. The third kappa shape index (κ3) is 3.21. The Labute approximate surface area is 106 Å². The van der Waals surface area contributed by atoms with Gasteiger partial charge in [0.25, 0.3) is 5.91 Å². The molecule has 18 heavy (non-hydrogen) atoms. The first-order valence-corrected chi connectivity index (χ1v) is 5.97. The Morgan fingerprint density at radius 2 is 2.22 bits per heavy atom. The molecule has 0 spiro atoms. The van der Waals surface area contributed by atoms with E-state index in [0.29, 0.717) is 25.5 Å². The number of carbonyl (C=O) groups is 1. The van der Waals surface area contributed by atoms with Crippen LogP contribution in [0.5, 0.6) is 5.75 Å². The molecule has 2 rings (SSSR count). The van der Waals surface area contributed by atoms with Crippen LogP contribution in [-0.2, 0) is 9.53 Å². The Morgan fingerprint density at radius 3 is 2.94 bits per heavy atom. The molecule has 1 saturated heterocycles. The average Bonchev–Trinajstić information content (AvgIpc) is 2.45. The van der Waals surface area contributed by atoms with Crippen LogP contribution < -0.4 is 4.74 Å². The molecule has 98 valence electrons. The van der Waals surface area contributed by atoms with Gasteiger partial charge >= 0.3 is 0 Å². The van der Waals surface area contributed by atoms with Gasteiger partial charge in [-0.05, 0) is 12.1 Å². The number of carbonyl (C=O) groups excluding carboxylic acids is 1. The third-order valence-corrected chi connectivity index (χ3v) is 2.86. The Bertz CT molecular complexity index is 382. The molecule has 0 bridgehead atoms. The number of nitrogens with zero attached hydrogens (tertiary/aromatic N) is 1. The molecule has 0 saturated carbocycles. The number of morpholine rings is 1. The van der Waals surface area contributed by atoms with Gasteiger partial charge in [0.05, 0.1) is 25.9 Å². The summed E-state index contributed by atoms with van der Waals surface area (Å²) in [6.45, 7) is 1.29. The summed E-state index contributed by atoms with van der Waals surface area (Å²) >= 11 is 0. The molecule has 1 atom stereocenters. The summed E-state index contributed by atoms with van der Waals surface area (Å²) < 4.78 is 10.6. The van der Waals surface area contributed by atoms with E-state index < -0.39 is 0 Å². The highest BCUT2D eigenvalue weighted by Crippen LogP contribution is 2.10. The lowest BCUT2D eigenvalue weighted by Gasteiger charge is -2.34. The molecule has 0 aliphatic carbocycles. The van der Waals surface area contributed by atoms with Crippen LogP contribution >= 0.6 is 0 Å². The highest BCUT2D eigenvalue weighted by atomic mass is 16.5. The number of aliphatic hydroxyl groups excluding tert-OH is 1. The van der Waals surface area contributed by atoms with E-state index in [-0.39, 0.29) is 25.2 Å². The number of ether oxygens (including phenoxy) is 2. The van der Waals surface area contributed by atoms with Gasteiger partial charge in [0.15, 0.2) is 6.61 Å². The van der Waals surface area contributed by atoms with Crippen molar-refractivity contribution in [3.63, 3.8) is 0 Å². The van der Waals surface area contributed by atoms with Crippen molar-refractivity contribution < 1.29 is 19.4 Å². The summed E-state index contributed by atoms with van der Waals surface area (Å²) in [5.74, 6) is 0.542. The van der Waals surface area contributed by atoms with Crippen LogP contribution in [0, 0.1) is 0 Å². The summed E-state index contributed by atoms with van der Waals surface area (Å²) in [7, 11) is 0. The quantitative estimate of drug-likeness (QED) is 0.835. The van der Waals surface area contributed by atoms with Gasteiger partial charge < -0.3 is 19.5 Å². The van der Waals surface area contributed by atoms with Crippen molar-refractivity contribution in [1.82, 2.24) is 4.90 Å². The van der Waals surface area contributed by atoms with E-state index in [4.69, 9.17) is 9.47 Å². The summed E-state index contributed by atoms with van der Waals surface area (Å²) in [5, 5.41) is 9.18. The summed E-state index contributed by atoms with van der Waals surface area (Å²) in [4.78, 5) is 13.6. The van der Waals surface area contributed by atoms with E-state index in [1.165, 1.54) is 0 Å². The largest absolute Gasteiger partial charge is 0.484 e. The van der Waals surface area contributed by atoms with Gasteiger partial charge in [-0.2, -0.15) is 0 Å². The van der Waals surface area contributed by atoms with E-state index in [2.05, 4.69) is 0 Å². The average molecular weight is 251 g/mol. The van der Waals surface area contributed by atoms with Crippen LogP contribution in [0.1, 0.15) is 0 Å². The van der Waals surface area contributed by atoms with Crippen molar-refractivity contribution in [1.29, 1.82) is 0 Å². The van der Waals surface area contributed by atoms with Gasteiger partial charge in [0.2, 0.25) is 0 Å². The number of amides is 1. The van der Waals surface area contributed by atoms with E-state index in [0.717, 1.165) is 0 Å². The van der Waals surface area contributed by atoms with Crippen molar-refractivity contribution >= 4 is 5.91 Å². The molecule has 1 N–H and O–H groups in total. The minimum Gasteiger partial charge on any atom is -0.484 e. The Kier molecular flexibility index (Phi) is 4.55. The highest BCUT2D eigenvalue weighted by Gasteiger charge is 2.26. The molecular formula is C13H17NO4. The maximum absolute atomic E-state index is 12.0. The van der Waals surface area contributed by atoms with Gasteiger partial charge in [-0.15, -0.1) is 0 Å². The summed E-state index contributed by atoms with van der Waals surface area (Å²) in [5.41, 5.74) is 0. The second-order valence-corrected chi connectivity index (χ2v) is 4.10. The molecule has 5 heteroatoms. The number of aliphatic hydroxyl groups is 1. The van der Waals surface area contributed by atoms with Crippen LogP contribution in [0.3, 0.4) is 0 Å². The second-order valence-electron chi connectivity index (χ2n) is 4.10. The van der Waals surface area contributed by atoms with Crippen molar-refractivity contribution in [3.8, 4) is 5.75 Å². The smallest absolute Gasteiger partial charge is 0.260 e. The first kappa shape index (κ1) is 12.9. The molecule has 1 aliphatic rings. The number of hydrogen-bond acceptors (Lipinski definition) is 4. The maximum atomic E-state index is 12.0. The van der Waals surface area contributed by atoms with Crippen LogP contribution in [0.15, 0.2) is 30.3 Å². The SMILES string of the molecule is O=C(COc1ccccc1)N1CCOCC1CO. The lowest BCUT2D eigenvalue weighted by atomic mass is 10.2.